The summed E-state index contributed by atoms with van der Waals surface area (Å²) in [6.45, 7) is -0.246. The fraction of sp³-hybridized carbons (Fsp3) is 0.571. The molecule has 1 aliphatic rings. The van der Waals surface area contributed by atoms with Gasteiger partial charge < -0.3 is 10.4 Å². The van der Waals surface area contributed by atoms with Crippen LogP contribution >= 0.6 is 11.8 Å². The molecule has 1 saturated heterocycles. The van der Waals surface area contributed by atoms with E-state index in [1.807, 2.05) is 0 Å². The van der Waals surface area contributed by atoms with Gasteiger partial charge >= 0.3 is 0 Å². The Morgan fingerprint density at radius 3 is 2.79 bits per heavy atom. The number of aliphatic hydroxyl groups is 1. The number of hydrogen-bond acceptors (Lipinski definition) is 5. The topological polar surface area (TPSA) is 86.7 Å². The Balaban J connectivity index is 2.27. The SMILES string of the molecule is O=C(CO)NCCN1C(=O)CSC1=O. The highest BCUT2D eigenvalue weighted by molar-refractivity contribution is 8.14. The van der Waals surface area contributed by atoms with Gasteiger partial charge in [0.15, 0.2) is 0 Å². The first-order chi connectivity index (χ1) is 6.65. The van der Waals surface area contributed by atoms with E-state index in [2.05, 4.69) is 5.32 Å². The van der Waals surface area contributed by atoms with Crippen LogP contribution in [0.5, 0.6) is 0 Å². The molecule has 1 heterocycles. The standard InChI is InChI=1S/C7H10N2O4S/c10-3-5(11)8-1-2-9-6(12)4-14-7(9)13/h10H,1-4H2,(H,8,11). The molecule has 1 aliphatic heterocycles. The smallest absolute Gasteiger partial charge is 0.288 e. The van der Waals surface area contributed by atoms with Crippen LogP contribution in [0.2, 0.25) is 0 Å². The lowest BCUT2D eigenvalue weighted by atomic mass is 10.5. The van der Waals surface area contributed by atoms with Gasteiger partial charge in [-0.15, -0.1) is 0 Å². The van der Waals surface area contributed by atoms with Crippen molar-refractivity contribution in [2.24, 2.45) is 0 Å². The van der Waals surface area contributed by atoms with Gasteiger partial charge in [0.25, 0.3) is 5.24 Å². The number of carbonyl (C=O) groups excluding carboxylic acids is 3. The maximum atomic E-state index is 11.1. The van der Waals surface area contributed by atoms with E-state index in [1.165, 1.54) is 0 Å². The van der Waals surface area contributed by atoms with Crippen molar-refractivity contribution in [1.82, 2.24) is 10.2 Å². The number of nitrogens with zero attached hydrogens (tertiary/aromatic N) is 1. The van der Waals surface area contributed by atoms with Crippen molar-refractivity contribution in [1.29, 1.82) is 0 Å². The molecule has 0 atom stereocenters. The number of carbonyl (C=O) groups is 3. The Morgan fingerprint density at radius 1 is 1.57 bits per heavy atom. The lowest BCUT2D eigenvalue weighted by Crippen LogP contribution is -2.38. The molecule has 0 saturated carbocycles. The lowest BCUT2D eigenvalue weighted by Gasteiger charge is -2.12. The van der Waals surface area contributed by atoms with Crippen LogP contribution in [0.15, 0.2) is 0 Å². The summed E-state index contributed by atoms with van der Waals surface area (Å²) in [7, 11) is 0. The Kier molecular flexibility index (Phi) is 3.90. The molecule has 3 amide bonds. The molecule has 0 aromatic heterocycles. The van der Waals surface area contributed by atoms with E-state index >= 15 is 0 Å². The van der Waals surface area contributed by atoms with Gasteiger partial charge in [-0.25, -0.2) is 0 Å². The zero-order chi connectivity index (χ0) is 10.6. The number of rotatable bonds is 4. The maximum Gasteiger partial charge on any atom is 0.288 e. The van der Waals surface area contributed by atoms with Gasteiger partial charge in [0, 0.05) is 13.1 Å². The number of aliphatic hydroxyl groups excluding tert-OH is 1. The molecule has 0 aliphatic carbocycles. The summed E-state index contributed by atoms with van der Waals surface area (Å²) < 4.78 is 0. The van der Waals surface area contributed by atoms with Crippen molar-refractivity contribution in [3.8, 4) is 0 Å². The quantitative estimate of drug-likeness (QED) is 0.618. The minimum Gasteiger partial charge on any atom is -0.387 e. The zero-order valence-electron chi connectivity index (χ0n) is 7.36. The third kappa shape index (κ3) is 2.71. The lowest BCUT2D eigenvalue weighted by molar-refractivity contribution is -0.126. The predicted octanol–water partition coefficient (Wildman–Crippen LogP) is -1.21. The highest BCUT2D eigenvalue weighted by Crippen LogP contribution is 2.17. The van der Waals surface area contributed by atoms with Crippen LogP contribution in [0.1, 0.15) is 0 Å². The maximum absolute atomic E-state index is 11.1. The van der Waals surface area contributed by atoms with Gasteiger partial charge in [0.05, 0.1) is 5.75 Å². The van der Waals surface area contributed by atoms with Crippen molar-refractivity contribution < 1.29 is 19.5 Å². The highest BCUT2D eigenvalue weighted by Gasteiger charge is 2.29. The van der Waals surface area contributed by atoms with Gasteiger partial charge in [0.1, 0.15) is 6.61 Å². The number of hydrogen-bond donors (Lipinski definition) is 2. The molecular formula is C7H10N2O4S. The van der Waals surface area contributed by atoms with Crippen LogP contribution < -0.4 is 5.32 Å². The van der Waals surface area contributed by atoms with Crippen LogP contribution in [0.4, 0.5) is 4.79 Å². The van der Waals surface area contributed by atoms with E-state index in [4.69, 9.17) is 5.11 Å². The largest absolute Gasteiger partial charge is 0.387 e. The van der Waals surface area contributed by atoms with Crippen molar-refractivity contribution >= 4 is 28.8 Å². The van der Waals surface area contributed by atoms with Gasteiger partial charge in [-0.1, -0.05) is 11.8 Å². The summed E-state index contributed by atoms with van der Waals surface area (Å²) >= 11 is 0.953. The fourth-order valence-electron chi connectivity index (χ4n) is 0.960. The third-order valence-electron chi connectivity index (χ3n) is 1.64. The number of nitrogens with one attached hydrogen (secondary N) is 1. The summed E-state index contributed by atoms with van der Waals surface area (Å²) in [6.07, 6.45) is 0. The second-order valence-corrected chi connectivity index (χ2v) is 3.53. The number of thioether (sulfide) groups is 1. The summed E-state index contributed by atoms with van der Waals surface area (Å²) in [6, 6.07) is 0. The molecule has 0 spiro atoms. The van der Waals surface area contributed by atoms with Crippen LogP contribution in [-0.4, -0.2) is 52.5 Å². The van der Waals surface area contributed by atoms with Crippen molar-refractivity contribution in [2.75, 3.05) is 25.4 Å². The normalized spacial score (nSPS) is 16.2. The molecule has 0 unspecified atom stereocenters. The molecule has 1 fully saturated rings. The molecule has 7 heteroatoms. The first-order valence-corrected chi connectivity index (χ1v) is 4.98. The minimum atomic E-state index is -0.587. The molecule has 14 heavy (non-hydrogen) atoms. The molecule has 0 bridgehead atoms. The summed E-state index contributed by atoms with van der Waals surface area (Å²) in [4.78, 5) is 33.8. The van der Waals surface area contributed by atoms with Gasteiger partial charge in [-0.2, -0.15) is 0 Å². The summed E-state index contributed by atoms with van der Waals surface area (Å²) in [5.74, 6) is -0.581. The Bertz CT molecular complexity index is 252. The number of imide groups is 1. The molecule has 0 aromatic rings. The van der Waals surface area contributed by atoms with Gasteiger partial charge in [-0.3, -0.25) is 19.3 Å². The third-order valence-corrected chi connectivity index (χ3v) is 2.50. The fourth-order valence-corrected chi connectivity index (χ4v) is 1.71. The van der Waals surface area contributed by atoms with E-state index in [0.29, 0.717) is 0 Å². The van der Waals surface area contributed by atoms with Gasteiger partial charge in [-0.05, 0) is 0 Å². The highest BCUT2D eigenvalue weighted by atomic mass is 32.2. The predicted molar refractivity (Wildman–Crippen MR) is 49.7 cm³/mol. The molecule has 78 valence electrons. The van der Waals surface area contributed by atoms with E-state index in [9.17, 15) is 14.4 Å². The average molecular weight is 218 g/mol. The first-order valence-electron chi connectivity index (χ1n) is 4.00. The Morgan fingerprint density at radius 2 is 2.29 bits per heavy atom. The second kappa shape index (κ2) is 4.97. The van der Waals surface area contributed by atoms with Crippen molar-refractivity contribution in [3.63, 3.8) is 0 Å². The van der Waals surface area contributed by atoms with Crippen molar-refractivity contribution in [2.45, 2.75) is 0 Å². The molecule has 6 nitrogen and oxygen atoms in total. The van der Waals surface area contributed by atoms with E-state index in [-0.39, 0.29) is 30.0 Å². The van der Waals surface area contributed by atoms with E-state index in [1.54, 1.807) is 0 Å². The molecule has 0 aromatic carbocycles. The summed E-state index contributed by atoms with van der Waals surface area (Å²) in [5.41, 5.74) is 0. The van der Waals surface area contributed by atoms with Crippen LogP contribution in [0.25, 0.3) is 0 Å². The van der Waals surface area contributed by atoms with E-state index < -0.39 is 12.5 Å². The average Bonchev–Trinajstić information content (AvgIpc) is 2.48. The van der Waals surface area contributed by atoms with Crippen LogP contribution in [-0.2, 0) is 9.59 Å². The Hall–Kier alpha value is -1.08. The van der Waals surface area contributed by atoms with E-state index in [0.717, 1.165) is 16.7 Å². The number of amides is 3. The molecule has 2 N–H and O–H groups in total. The molecule has 1 rings (SSSR count). The monoisotopic (exact) mass is 218 g/mol. The second-order valence-electron chi connectivity index (χ2n) is 2.61. The van der Waals surface area contributed by atoms with Gasteiger partial charge in [0.2, 0.25) is 11.8 Å². The van der Waals surface area contributed by atoms with Crippen LogP contribution in [0, 0.1) is 0 Å². The zero-order valence-corrected chi connectivity index (χ0v) is 8.17. The minimum absolute atomic E-state index is 0.163. The first kappa shape index (κ1) is 11.0. The molecular weight excluding hydrogens is 208 g/mol. The Labute approximate surface area is 84.6 Å². The molecule has 0 radical (unpaired) electrons. The van der Waals surface area contributed by atoms with Crippen LogP contribution in [0.3, 0.4) is 0 Å². The summed E-state index contributed by atoms with van der Waals surface area (Å²) in [5, 5.41) is 10.4. The van der Waals surface area contributed by atoms with Crippen molar-refractivity contribution in [3.05, 3.63) is 0 Å².